The fourth-order valence-corrected chi connectivity index (χ4v) is 1.92. The Balaban J connectivity index is -0.00000000370. The molecular weight excluding hydrogens is 5350 g/mol. The van der Waals surface area contributed by atoms with E-state index in [0.29, 0.717) is 0 Å². The predicted molar refractivity (Wildman–Crippen MR) is 379 cm³/mol. The molecule has 0 aliphatic carbocycles. The summed E-state index contributed by atoms with van der Waals surface area (Å²) in [4.78, 5) is 0. The van der Waals surface area contributed by atoms with Crippen LogP contribution in [-0.2, 0) is 1640 Å². The zero-order valence-electron chi connectivity index (χ0n) is 88.7. The second kappa shape index (κ2) is 574. The molecule has 125 heavy (non-hydrogen) atoms. The van der Waals surface area contributed by atoms with Crippen LogP contribution in [-0.4, -0.2) is 0 Å². The summed E-state index contributed by atoms with van der Waals surface area (Å²) in [6, 6.07) is 60.0. The van der Waals surface area contributed by atoms with Gasteiger partial charge in [0.05, 0.1) is 0 Å². The van der Waals surface area contributed by atoms with Gasteiger partial charge >= 0.3 is 0 Å². The average Bonchev–Trinajstić information content (AvgIpc) is 3.42. The fourth-order valence-electron chi connectivity index (χ4n) is 1.92. The van der Waals surface area contributed by atoms with Gasteiger partial charge in [-0.25, -0.2) is 0 Å². The SMILES string of the molecule is CC.CC.CC.CC.CC.CC.CC.CC.CC.CC.C[C-](C)C.C[C-](C)C.C[C-](C)C.C[C-](C)C.C[C-](C)C.[CH3-].[CH3-].[CH3-].[CH3-].[CH3-].[Y].[Y].[Y].[Y].[Y].[Y].[Y].[Y].[Y].[Y].[Y].[Y].[Y].[Y].[Y].[Y].[Y].[Y].[Y].[Y].[Y].[Y].[Y].[Y].[Y].[Y].[Y].[Y].[Y].[Y].[Y].[Y].[Y].[Y].[Y].[Y].[Y].[Y].[Y].[Y].[Y].[Y].[Y].[Y].[Y].[Y].[Y].[Y].[Y].[Y].c1ccccc1.c1ccccc1.c1ccccc1.c1ccccc1.c1ccccc1. The zero-order valence-corrected chi connectivity index (χ0v) is 231. The molecule has 0 saturated carbocycles. The molecule has 0 nitrogen and oxygen atoms in total. The maximum absolute atomic E-state index is 2.08. The number of benzene rings is 5. The van der Waals surface area contributed by atoms with E-state index in [4.69, 9.17) is 0 Å². The number of hydrogen-bond acceptors (Lipinski definition) is 0. The van der Waals surface area contributed by atoms with Crippen LogP contribution in [0.1, 0.15) is 242 Å². The van der Waals surface area contributed by atoms with E-state index in [1.807, 2.05) is 320 Å². The molecule has 0 unspecified atom stereocenters. The first kappa shape index (κ1) is 479. The molecule has 0 bridgehead atoms. The summed E-state index contributed by atoms with van der Waals surface area (Å²) < 4.78 is 0. The van der Waals surface area contributed by atoms with Crippen LogP contribution in [0.4, 0.5) is 0 Å². The van der Waals surface area contributed by atoms with Crippen molar-refractivity contribution in [2.45, 2.75) is 242 Å². The first-order chi connectivity index (χ1) is 33.7. The van der Waals surface area contributed by atoms with Gasteiger partial charge in [-0.1, -0.05) is 320 Å². The predicted octanol–water partition coefficient (Wildman–Crippen LogP) is 28.9. The van der Waals surface area contributed by atoms with E-state index in [1.54, 1.807) is 0 Å². The van der Waals surface area contributed by atoms with Gasteiger partial charge < -0.3 is 66.7 Å². The molecular formula is C75H150Y50-10. The first-order valence-corrected chi connectivity index (χ1v) is 27.5. The normalized spacial score (nSPS) is 3.84. The molecule has 0 heterocycles. The summed E-state index contributed by atoms with van der Waals surface area (Å²) in [7, 11) is 0. The quantitative estimate of drug-likeness (QED) is 0.136. The minimum absolute atomic E-state index is 0. The van der Waals surface area contributed by atoms with Gasteiger partial charge in [-0.15, -0.1) is 0 Å². The molecule has 0 N–H and O–H groups in total. The molecule has 0 aliphatic heterocycles. The van der Waals surface area contributed by atoms with E-state index in [0.717, 1.165) is 0 Å². The molecule has 0 atom stereocenters. The van der Waals surface area contributed by atoms with Crippen molar-refractivity contribution in [3.05, 3.63) is 249 Å². The topological polar surface area (TPSA) is 0 Å². The van der Waals surface area contributed by atoms with Gasteiger partial charge in [0.25, 0.3) is 0 Å². The minimum Gasteiger partial charge on any atom is -0.358 e. The molecule has 50 heteroatoms. The van der Waals surface area contributed by atoms with E-state index in [9.17, 15) is 0 Å². The molecule has 0 amide bonds. The van der Waals surface area contributed by atoms with Crippen molar-refractivity contribution in [1.82, 2.24) is 0 Å². The van der Waals surface area contributed by atoms with Gasteiger partial charge in [0.15, 0.2) is 0 Å². The van der Waals surface area contributed by atoms with Crippen molar-refractivity contribution in [3.63, 3.8) is 0 Å². The van der Waals surface area contributed by atoms with Crippen molar-refractivity contribution in [3.8, 4) is 0 Å². The molecule has 5 rings (SSSR count). The zero-order chi connectivity index (χ0) is 59.1. The van der Waals surface area contributed by atoms with Crippen molar-refractivity contribution in [2.75, 3.05) is 0 Å². The fraction of sp³-hybridized carbons (Fsp3) is 0.467. The van der Waals surface area contributed by atoms with E-state index in [-0.39, 0.29) is 1670 Å². The Hall–Kier alpha value is 51.3. The standard InChI is InChI=1S/5C6H6.5C4H9.10C2H6.5CH3.50Y/c5*1-2-4-6-5-3-1;5*1-4(2)3;10*1-2;;;;;;;;;;;;;;;;;;;;;;;;;;;;;;;;;;;;;;;;;;;;;;;;;;;;;;;/h5*1-6H;5*1-3H3;10*1-2H3;5*1H3;;;;;;;;;;;;;;;;;;;;;;;;;;;;;;;;;;;;;;;;;;;;;;;;;;/q;;;;;5*-1;;;;;;;;;;;5*-1;;;;;;;;;;;;;;;;;;;;;;;;;;;;;;;;;;;;;;;;;;;;;;;;;;. The maximum atomic E-state index is 2.08. The maximum Gasteiger partial charge on any atom is 0 e. The van der Waals surface area contributed by atoms with Crippen LogP contribution in [0.15, 0.2) is 182 Å². The Kier molecular flexibility index (Phi) is 2200. The van der Waals surface area contributed by atoms with Crippen molar-refractivity contribution >= 4 is 0 Å². The molecule has 0 aromatic heterocycles. The van der Waals surface area contributed by atoms with Crippen LogP contribution in [0.3, 0.4) is 0 Å². The van der Waals surface area contributed by atoms with Gasteiger partial charge in [-0.3, -0.25) is 0 Å². The Bertz CT molecular complexity index is 842. The van der Waals surface area contributed by atoms with E-state index in [2.05, 4.69) is 104 Å². The first-order valence-electron chi connectivity index (χ1n) is 27.5. The van der Waals surface area contributed by atoms with Crippen molar-refractivity contribution in [2.24, 2.45) is 0 Å². The summed E-state index contributed by atoms with van der Waals surface area (Å²) in [5.74, 6) is 7.08. The van der Waals surface area contributed by atoms with Crippen LogP contribution in [0.25, 0.3) is 0 Å². The summed E-state index contributed by atoms with van der Waals surface area (Å²) >= 11 is 0. The van der Waals surface area contributed by atoms with Gasteiger partial charge in [0, 0.05) is 1640 Å². The van der Waals surface area contributed by atoms with Crippen LogP contribution < -0.4 is 0 Å². The van der Waals surface area contributed by atoms with Crippen molar-refractivity contribution < 1.29 is 1640 Å². The Morgan fingerprint density at radius 2 is 0.0800 bits per heavy atom. The van der Waals surface area contributed by atoms with E-state index >= 15 is 0 Å². The molecule has 0 spiro atoms. The summed E-state index contributed by atoms with van der Waals surface area (Å²) in [6.45, 7) is 71.3. The minimum atomic E-state index is 0. The molecule has 50 radical (unpaired) electrons. The number of rotatable bonds is 0. The Morgan fingerprint density at radius 3 is 0.0880 bits per heavy atom. The van der Waals surface area contributed by atoms with E-state index < -0.39 is 0 Å². The van der Waals surface area contributed by atoms with Crippen LogP contribution >= 0.6 is 0 Å². The molecule has 0 fully saturated rings. The second-order valence-electron chi connectivity index (χ2n) is 13.3. The molecule has 5 aromatic carbocycles. The third-order valence-corrected chi connectivity index (χ3v) is 3.33. The van der Waals surface area contributed by atoms with E-state index in [1.165, 1.54) is 29.6 Å². The summed E-state index contributed by atoms with van der Waals surface area (Å²) in [5, 5.41) is 0. The third-order valence-electron chi connectivity index (χ3n) is 3.33. The number of hydrogen-bond donors (Lipinski definition) is 0. The smallest absolute Gasteiger partial charge is 0 e. The van der Waals surface area contributed by atoms with Gasteiger partial charge in [-0.05, 0) is 0 Å². The molecule has 0 saturated heterocycles. The monoisotopic (exact) mass is 5500 g/mol. The summed E-state index contributed by atoms with van der Waals surface area (Å²) in [5.41, 5.74) is 0. The van der Waals surface area contributed by atoms with Crippen LogP contribution in [0.2, 0.25) is 0 Å². The Morgan fingerprint density at radius 1 is 0.0720 bits per heavy atom. The van der Waals surface area contributed by atoms with Crippen LogP contribution in [0, 0.1) is 66.7 Å². The second-order valence-corrected chi connectivity index (χ2v) is 13.3. The van der Waals surface area contributed by atoms with Crippen LogP contribution in [0.5, 0.6) is 0 Å². The largest absolute Gasteiger partial charge is 0.358 e. The van der Waals surface area contributed by atoms with Gasteiger partial charge in [0.2, 0.25) is 0 Å². The third kappa shape index (κ3) is 797. The van der Waals surface area contributed by atoms with Gasteiger partial charge in [-0.2, -0.15) is 104 Å². The van der Waals surface area contributed by atoms with Crippen molar-refractivity contribution in [1.29, 1.82) is 0 Å². The van der Waals surface area contributed by atoms with Gasteiger partial charge in [0.1, 0.15) is 0 Å². The summed E-state index contributed by atoms with van der Waals surface area (Å²) in [6.07, 6.45) is 0. The molecule has 0 aliphatic rings. The average molecular weight is 5500 g/mol. The Labute approximate surface area is 2060 Å². The molecule has 610 valence electrons. The molecule has 5 aromatic rings.